The molecule has 112 valence electrons. The van der Waals surface area contributed by atoms with Crippen LogP contribution < -0.4 is 15.4 Å². The number of carbonyl (C=O) groups excluding carboxylic acids is 1. The van der Waals surface area contributed by atoms with E-state index in [9.17, 15) is 9.18 Å². The summed E-state index contributed by atoms with van der Waals surface area (Å²) in [4.78, 5) is 12.0. The molecule has 0 bridgehead atoms. The molecule has 2 rings (SSSR count). The van der Waals surface area contributed by atoms with E-state index in [-0.39, 0.29) is 30.2 Å². The van der Waals surface area contributed by atoms with Crippen LogP contribution in [0.15, 0.2) is 18.2 Å². The Hall–Kier alpha value is -1.37. The van der Waals surface area contributed by atoms with E-state index >= 15 is 0 Å². The monoisotopic (exact) mass is 304 g/mol. The molecular weight excluding hydrogens is 287 g/mol. The maximum Gasteiger partial charge on any atom is 0.244 e. The van der Waals surface area contributed by atoms with Crippen LogP contribution in [0.25, 0.3) is 0 Å². The summed E-state index contributed by atoms with van der Waals surface area (Å²) in [5, 5.41) is 5.73. The fourth-order valence-electron chi connectivity index (χ4n) is 1.99. The minimum absolute atomic E-state index is 0. The van der Waals surface area contributed by atoms with E-state index in [1.54, 1.807) is 6.07 Å². The summed E-state index contributed by atoms with van der Waals surface area (Å²) in [6.07, 6.45) is -0.211. The Bertz CT molecular complexity index is 473. The molecule has 1 aliphatic rings. The highest BCUT2D eigenvalue weighted by molar-refractivity contribution is 5.95. The highest BCUT2D eigenvalue weighted by Crippen LogP contribution is 2.21. The number of hydrogen-bond donors (Lipinski definition) is 2. The van der Waals surface area contributed by atoms with Gasteiger partial charge in [-0.3, -0.25) is 4.79 Å². The molecule has 0 aliphatic carbocycles. The van der Waals surface area contributed by atoms with E-state index in [4.69, 9.17) is 9.47 Å². The number of amides is 1. The lowest BCUT2D eigenvalue weighted by Crippen LogP contribution is -2.53. The number of morpholine rings is 1. The van der Waals surface area contributed by atoms with Crippen molar-refractivity contribution in [2.45, 2.75) is 19.1 Å². The molecule has 0 saturated carbocycles. The number of nitrogens with one attached hydrogen (secondary N) is 2. The topological polar surface area (TPSA) is 59.6 Å². The van der Waals surface area contributed by atoms with E-state index in [2.05, 4.69) is 10.6 Å². The average molecular weight is 305 g/mol. The summed E-state index contributed by atoms with van der Waals surface area (Å²) in [5.74, 6) is -0.608. The molecule has 2 N–H and O–H groups in total. The van der Waals surface area contributed by atoms with Crippen LogP contribution in [0.4, 0.5) is 10.1 Å². The van der Waals surface area contributed by atoms with Crippen molar-refractivity contribution in [3.05, 3.63) is 24.0 Å². The Morgan fingerprint density at radius 3 is 2.90 bits per heavy atom. The Kier molecular flexibility index (Phi) is 6.19. The largest absolute Gasteiger partial charge is 0.494 e. The Balaban J connectivity index is 0.00000200. The maximum absolute atomic E-state index is 13.5. The van der Waals surface area contributed by atoms with E-state index < -0.39 is 11.9 Å². The van der Waals surface area contributed by atoms with Gasteiger partial charge in [0.25, 0.3) is 0 Å². The molecule has 1 saturated heterocycles. The van der Waals surface area contributed by atoms with E-state index in [0.29, 0.717) is 18.8 Å². The first-order valence-corrected chi connectivity index (χ1v) is 6.11. The van der Waals surface area contributed by atoms with Gasteiger partial charge in [0.05, 0.1) is 19.8 Å². The SMILES string of the molecule is COc1ccc(NC(=O)[C@H]2NCCO[C@@H]2C)cc1F.Cl. The molecule has 1 fully saturated rings. The number of carbonyl (C=O) groups is 1. The molecule has 1 aromatic carbocycles. The molecule has 0 radical (unpaired) electrons. The molecule has 0 aromatic heterocycles. The number of methoxy groups -OCH3 is 1. The van der Waals surface area contributed by atoms with Gasteiger partial charge in [0.15, 0.2) is 11.6 Å². The third-order valence-corrected chi connectivity index (χ3v) is 3.02. The van der Waals surface area contributed by atoms with Gasteiger partial charge in [-0.1, -0.05) is 0 Å². The summed E-state index contributed by atoms with van der Waals surface area (Å²) >= 11 is 0. The van der Waals surface area contributed by atoms with Gasteiger partial charge in [-0.25, -0.2) is 4.39 Å². The van der Waals surface area contributed by atoms with Gasteiger partial charge in [0, 0.05) is 18.3 Å². The first-order valence-electron chi connectivity index (χ1n) is 6.11. The Morgan fingerprint density at radius 2 is 2.30 bits per heavy atom. The van der Waals surface area contributed by atoms with Crippen LogP contribution in [0, 0.1) is 5.82 Å². The van der Waals surface area contributed by atoms with Crippen molar-refractivity contribution in [2.24, 2.45) is 0 Å². The van der Waals surface area contributed by atoms with Gasteiger partial charge in [0.2, 0.25) is 5.91 Å². The van der Waals surface area contributed by atoms with Crippen molar-refractivity contribution in [1.29, 1.82) is 0 Å². The van der Waals surface area contributed by atoms with Crippen molar-refractivity contribution in [1.82, 2.24) is 5.32 Å². The van der Waals surface area contributed by atoms with Crippen LogP contribution in [0.2, 0.25) is 0 Å². The summed E-state index contributed by atoms with van der Waals surface area (Å²) in [6, 6.07) is 3.86. The van der Waals surface area contributed by atoms with Crippen molar-refractivity contribution >= 4 is 24.0 Å². The van der Waals surface area contributed by atoms with Crippen molar-refractivity contribution in [3.63, 3.8) is 0 Å². The number of halogens is 2. The molecule has 1 aromatic rings. The summed E-state index contributed by atoms with van der Waals surface area (Å²) < 4.78 is 23.7. The van der Waals surface area contributed by atoms with Crippen molar-refractivity contribution in [2.75, 3.05) is 25.6 Å². The van der Waals surface area contributed by atoms with E-state index in [1.165, 1.54) is 19.2 Å². The first-order chi connectivity index (χ1) is 9.11. The molecule has 2 atom stereocenters. The van der Waals surface area contributed by atoms with Gasteiger partial charge in [-0.05, 0) is 19.1 Å². The van der Waals surface area contributed by atoms with Crippen LogP contribution >= 0.6 is 12.4 Å². The number of ether oxygens (including phenoxy) is 2. The molecule has 0 spiro atoms. The number of rotatable bonds is 3. The lowest BCUT2D eigenvalue weighted by molar-refractivity contribution is -0.123. The number of anilines is 1. The molecule has 1 heterocycles. The highest BCUT2D eigenvalue weighted by Gasteiger charge is 2.28. The van der Waals surface area contributed by atoms with Gasteiger partial charge in [0.1, 0.15) is 6.04 Å². The quantitative estimate of drug-likeness (QED) is 0.890. The van der Waals surface area contributed by atoms with Crippen molar-refractivity contribution < 1.29 is 18.7 Å². The highest BCUT2D eigenvalue weighted by atomic mass is 35.5. The predicted molar refractivity (Wildman–Crippen MR) is 76.0 cm³/mol. The molecule has 1 aliphatic heterocycles. The lowest BCUT2D eigenvalue weighted by Gasteiger charge is -2.29. The van der Waals surface area contributed by atoms with Gasteiger partial charge >= 0.3 is 0 Å². The standard InChI is InChI=1S/C13H17FN2O3.ClH/c1-8-12(15-5-6-19-8)13(17)16-9-3-4-11(18-2)10(14)7-9;/h3-4,7-8,12,15H,5-6H2,1-2H3,(H,16,17);1H/t8-,12+;/m1./s1. The molecule has 5 nitrogen and oxygen atoms in total. The van der Waals surface area contributed by atoms with Crippen molar-refractivity contribution in [3.8, 4) is 5.75 Å². The first kappa shape index (κ1) is 16.7. The zero-order chi connectivity index (χ0) is 13.8. The van der Waals surface area contributed by atoms with Crippen LogP contribution in [0.1, 0.15) is 6.92 Å². The smallest absolute Gasteiger partial charge is 0.244 e. The fraction of sp³-hybridized carbons (Fsp3) is 0.462. The van der Waals surface area contributed by atoms with Crippen LogP contribution in [-0.2, 0) is 9.53 Å². The Morgan fingerprint density at radius 1 is 1.55 bits per heavy atom. The summed E-state index contributed by atoms with van der Waals surface area (Å²) in [5.41, 5.74) is 0.392. The predicted octanol–water partition coefficient (Wildman–Crippen LogP) is 1.57. The van der Waals surface area contributed by atoms with Gasteiger partial charge in [-0.15, -0.1) is 12.4 Å². The third kappa shape index (κ3) is 3.82. The number of benzene rings is 1. The number of hydrogen-bond acceptors (Lipinski definition) is 4. The average Bonchev–Trinajstić information content (AvgIpc) is 2.39. The molecular formula is C13H18ClFN2O3. The second kappa shape index (κ2) is 7.42. The lowest BCUT2D eigenvalue weighted by atomic mass is 10.1. The second-order valence-corrected chi connectivity index (χ2v) is 4.35. The third-order valence-electron chi connectivity index (χ3n) is 3.02. The van der Waals surface area contributed by atoms with Crippen LogP contribution in [0.5, 0.6) is 5.75 Å². The van der Waals surface area contributed by atoms with Crippen LogP contribution in [-0.4, -0.2) is 38.3 Å². The van der Waals surface area contributed by atoms with Gasteiger partial charge in [-0.2, -0.15) is 0 Å². The fourth-order valence-corrected chi connectivity index (χ4v) is 1.99. The maximum atomic E-state index is 13.5. The Labute approximate surface area is 123 Å². The zero-order valence-corrected chi connectivity index (χ0v) is 12.1. The minimum atomic E-state index is -0.513. The van der Waals surface area contributed by atoms with E-state index in [0.717, 1.165) is 0 Å². The molecule has 1 amide bonds. The van der Waals surface area contributed by atoms with Gasteiger partial charge < -0.3 is 20.1 Å². The molecule has 7 heteroatoms. The summed E-state index contributed by atoms with van der Waals surface area (Å²) in [7, 11) is 1.39. The minimum Gasteiger partial charge on any atom is -0.494 e. The normalized spacial score (nSPS) is 21.8. The zero-order valence-electron chi connectivity index (χ0n) is 11.3. The summed E-state index contributed by atoms with van der Waals surface area (Å²) in [6.45, 7) is 3.03. The molecule has 20 heavy (non-hydrogen) atoms. The van der Waals surface area contributed by atoms with Crippen LogP contribution in [0.3, 0.4) is 0 Å². The van der Waals surface area contributed by atoms with E-state index in [1.807, 2.05) is 6.92 Å². The molecule has 0 unspecified atom stereocenters. The second-order valence-electron chi connectivity index (χ2n) is 4.35.